The van der Waals surface area contributed by atoms with Gasteiger partial charge in [-0.1, -0.05) is 36.4 Å². The van der Waals surface area contributed by atoms with Crippen LogP contribution in [0.1, 0.15) is 27.0 Å². The van der Waals surface area contributed by atoms with E-state index in [1.807, 2.05) is 12.1 Å². The molecule has 1 N–H and O–H groups in total. The van der Waals surface area contributed by atoms with Crippen LogP contribution in [-0.2, 0) is 24.1 Å². The van der Waals surface area contributed by atoms with Gasteiger partial charge in [-0.15, -0.1) is 0 Å². The van der Waals surface area contributed by atoms with Crippen molar-refractivity contribution in [2.45, 2.75) is 19.4 Å². The number of aryl methyl sites for hydroxylation is 2. The molecular weight excluding hydrogens is 302 g/mol. The van der Waals surface area contributed by atoms with Gasteiger partial charge in [0.25, 0.3) is 0 Å². The number of aromatic carboxylic acids is 1. The summed E-state index contributed by atoms with van der Waals surface area (Å²) >= 11 is 0. The molecule has 1 saturated heterocycles. The Balaban J connectivity index is 1.51. The zero-order chi connectivity index (χ0) is 16.8. The molecule has 0 amide bonds. The molecule has 1 fully saturated rings. The molecule has 0 spiro atoms. The fraction of sp³-hybridized carbons (Fsp3) is 0.350. The molecule has 0 bridgehead atoms. The first-order valence-electron chi connectivity index (χ1n) is 8.41. The van der Waals surface area contributed by atoms with E-state index in [2.05, 4.69) is 29.2 Å². The summed E-state index contributed by atoms with van der Waals surface area (Å²) in [5.74, 6) is -0.877. The first-order valence-corrected chi connectivity index (χ1v) is 8.41. The first-order chi connectivity index (χ1) is 11.7. The quantitative estimate of drug-likeness (QED) is 0.887. The van der Waals surface area contributed by atoms with Gasteiger partial charge in [0, 0.05) is 19.6 Å². The summed E-state index contributed by atoms with van der Waals surface area (Å²) in [7, 11) is 0. The number of ether oxygens (including phenoxy) is 1. The Morgan fingerprint density at radius 2 is 1.38 bits per heavy atom. The van der Waals surface area contributed by atoms with E-state index in [4.69, 9.17) is 9.84 Å². The average Bonchev–Trinajstić information content (AvgIpc) is 2.62. The second kappa shape index (κ2) is 8.08. The molecule has 0 saturated carbocycles. The lowest BCUT2D eigenvalue weighted by Crippen LogP contribution is -2.35. The highest BCUT2D eigenvalue weighted by Crippen LogP contribution is 2.12. The van der Waals surface area contributed by atoms with Crippen LogP contribution in [0.5, 0.6) is 0 Å². The van der Waals surface area contributed by atoms with E-state index in [9.17, 15) is 4.79 Å². The minimum absolute atomic E-state index is 0.339. The largest absolute Gasteiger partial charge is 0.478 e. The molecular formula is C20H23NO3. The van der Waals surface area contributed by atoms with E-state index >= 15 is 0 Å². The van der Waals surface area contributed by atoms with Gasteiger partial charge in [0.05, 0.1) is 18.8 Å². The molecule has 24 heavy (non-hydrogen) atoms. The zero-order valence-electron chi connectivity index (χ0n) is 13.8. The highest BCUT2D eigenvalue weighted by molar-refractivity contribution is 5.87. The van der Waals surface area contributed by atoms with Crippen molar-refractivity contribution in [2.75, 3.05) is 26.3 Å². The van der Waals surface area contributed by atoms with Crippen molar-refractivity contribution >= 4 is 5.97 Å². The van der Waals surface area contributed by atoms with Gasteiger partial charge in [0.2, 0.25) is 0 Å². The third kappa shape index (κ3) is 4.66. The standard InChI is InChI=1S/C20H23NO3/c22-20(23)19-9-7-17(8-10-19)2-1-16-3-5-18(6-4-16)15-21-11-13-24-14-12-21/h3-10H,1-2,11-15H2,(H,22,23). The Kier molecular flexibility index (Phi) is 5.62. The van der Waals surface area contributed by atoms with Gasteiger partial charge in [0.15, 0.2) is 0 Å². The van der Waals surface area contributed by atoms with E-state index in [-0.39, 0.29) is 0 Å². The van der Waals surface area contributed by atoms with Gasteiger partial charge in [-0.05, 0) is 41.7 Å². The topological polar surface area (TPSA) is 49.8 Å². The molecule has 0 unspecified atom stereocenters. The van der Waals surface area contributed by atoms with Crippen LogP contribution in [0.15, 0.2) is 48.5 Å². The molecule has 0 aromatic heterocycles. The molecule has 126 valence electrons. The second-order valence-electron chi connectivity index (χ2n) is 6.21. The summed E-state index contributed by atoms with van der Waals surface area (Å²) in [6.45, 7) is 4.67. The third-order valence-corrected chi connectivity index (χ3v) is 4.44. The Morgan fingerprint density at radius 3 is 1.92 bits per heavy atom. The van der Waals surface area contributed by atoms with Crippen molar-refractivity contribution in [2.24, 2.45) is 0 Å². The van der Waals surface area contributed by atoms with Crippen LogP contribution in [0.4, 0.5) is 0 Å². The fourth-order valence-electron chi connectivity index (χ4n) is 2.93. The molecule has 0 radical (unpaired) electrons. The molecule has 2 aromatic rings. The van der Waals surface area contributed by atoms with Crippen LogP contribution >= 0.6 is 0 Å². The van der Waals surface area contributed by atoms with Gasteiger partial charge in [-0.2, -0.15) is 0 Å². The number of rotatable bonds is 6. The minimum Gasteiger partial charge on any atom is -0.478 e. The SMILES string of the molecule is O=C(O)c1ccc(CCc2ccc(CN3CCOCC3)cc2)cc1. The lowest BCUT2D eigenvalue weighted by molar-refractivity contribution is 0.0342. The molecule has 1 heterocycles. The fourth-order valence-corrected chi connectivity index (χ4v) is 2.93. The number of nitrogens with zero attached hydrogens (tertiary/aromatic N) is 1. The van der Waals surface area contributed by atoms with Crippen molar-refractivity contribution in [1.82, 2.24) is 4.90 Å². The summed E-state index contributed by atoms with van der Waals surface area (Å²) in [5.41, 5.74) is 4.15. The molecule has 4 nitrogen and oxygen atoms in total. The molecule has 3 rings (SSSR count). The average molecular weight is 325 g/mol. The lowest BCUT2D eigenvalue weighted by atomic mass is 10.0. The third-order valence-electron chi connectivity index (χ3n) is 4.44. The van der Waals surface area contributed by atoms with Gasteiger partial charge >= 0.3 is 5.97 Å². The number of hydrogen-bond acceptors (Lipinski definition) is 3. The Hall–Kier alpha value is -2.17. The number of benzene rings is 2. The van der Waals surface area contributed by atoms with E-state index in [1.165, 1.54) is 11.1 Å². The number of hydrogen-bond donors (Lipinski definition) is 1. The van der Waals surface area contributed by atoms with E-state index < -0.39 is 5.97 Å². The summed E-state index contributed by atoms with van der Waals surface area (Å²) in [6.07, 6.45) is 1.88. The summed E-state index contributed by atoms with van der Waals surface area (Å²) < 4.78 is 5.38. The highest BCUT2D eigenvalue weighted by atomic mass is 16.5. The van der Waals surface area contributed by atoms with Crippen LogP contribution in [0, 0.1) is 0 Å². The van der Waals surface area contributed by atoms with E-state index in [0.717, 1.165) is 51.3 Å². The Morgan fingerprint density at radius 1 is 0.875 bits per heavy atom. The van der Waals surface area contributed by atoms with Gasteiger partial charge in [-0.25, -0.2) is 4.79 Å². The number of carboxylic acids is 1. The number of morpholine rings is 1. The van der Waals surface area contributed by atoms with Crippen molar-refractivity contribution in [3.05, 3.63) is 70.8 Å². The van der Waals surface area contributed by atoms with Crippen molar-refractivity contribution in [3.63, 3.8) is 0 Å². The maximum absolute atomic E-state index is 10.9. The molecule has 1 aliphatic rings. The zero-order valence-corrected chi connectivity index (χ0v) is 13.8. The smallest absolute Gasteiger partial charge is 0.335 e. The van der Waals surface area contributed by atoms with Crippen molar-refractivity contribution in [3.8, 4) is 0 Å². The van der Waals surface area contributed by atoms with Crippen molar-refractivity contribution < 1.29 is 14.6 Å². The molecule has 0 aliphatic carbocycles. The maximum atomic E-state index is 10.9. The van der Waals surface area contributed by atoms with Crippen LogP contribution in [0.25, 0.3) is 0 Å². The summed E-state index contributed by atoms with van der Waals surface area (Å²) in [4.78, 5) is 13.3. The summed E-state index contributed by atoms with van der Waals surface area (Å²) in [5, 5.41) is 8.92. The number of carboxylic acid groups (broad SMARTS) is 1. The molecule has 0 atom stereocenters. The normalized spacial score (nSPS) is 15.3. The van der Waals surface area contributed by atoms with Gasteiger partial charge < -0.3 is 9.84 Å². The van der Waals surface area contributed by atoms with Crippen LogP contribution in [-0.4, -0.2) is 42.3 Å². The maximum Gasteiger partial charge on any atom is 0.335 e. The predicted molar refractivity (Wildman–Crippen MR) is 93.3 cm³/mol. The first kappa shape index (κ1) is 16.7. The number of carbonyl (C=O) groups is 1. The van der Waals surface area contributed by atoms with E-state index in [0.29, 0.717) is 5.56 Å². The predicted octanol–water partition coefficient (Wildman–Crippen LogP) is 3.00. The second-order valence-corrected chi connectivity index (χ2v) is 6.21. The lowest BCUT2D eigenvalue weighted by Gasteiger charge is -2.26. The Bertz CT molecular complexity index is 658. The molecule has 1 aliphatic heterocycles. The van der Waals surface area contributed by atoms with Crippen LogP contribution < -0.4 is 0 Å². The summed E-state index contributed by atoms with van der Waals surface area (Å²) in [6, 6.07) is 15.9. The Labute approximate surface area is 142 Å². The van der Waals surface area contributed by atoms with E-state index in [1.54, 1.807) is 12.1 Å². The molecule has 4 heteroatoms. The van der Waals surface area contributed by atoms with Crippen LogP contribution in [0.2, 0.25) is 0 Å². The highest BCUT2D eigenvalue weighted by Gasteiger charge is 2.10. The molecule has 2 aromatic carbocycles. The van der Waals surface area contributed by atoms with Gasteiger partial charge in [0.1, 0.15) is 0 Å². The van der Waals surface area contributed by atoms with Crippen LogP contribution in [0.3, 0.4) is 0 Å². The minimum atomic E-state index is -0.877. The van der Waals surface area contributed by atoms with Gasteiger partial charge in [-0.3, -0.25) is 4.90 Å². The van der Waals surface area contributed by atoms with Crippen molar-refractivity contribution in [1.29, 1.82) is 0 Å². The monoisotopic (exact) mass is 325 g/mol.